The molecule has 0 saturated carbocycles. The first kappa shape index (κ1) is 15.2. The number of aliphatic hydroxyl groups is 1. The number of nitrogens with zero attached hydrogens (tertiary/aromatic N) is 1. The molecule has 0 aromatic carbocycles. The van der Waals surface area contributed by atoms with Crippen LogP contribution in [0.5, 0.6) is 0 Å². The van der Waals surface area contributed by atoms with Crippen molar-refractivity contribution >= 4 is 28.6 Å². The fourth-order valence-electron chi connectivity index (χ4n) is 1.82. The largest absolute Gasteiger partial charge is 0.396 e. The van der Waals surface area contributed by atoms with E-state index in [0.29, 0.717) is 11.3 Å². The lowest BCUT2D eigenvalue weighted by Gasteiger charge is -2.25. The highest BCUT2D eigenvalue weighted by atomic mass is 32.1. The minimum Gasteiger partial charge on any atom is -0.396 e. The molecule has 108 valence electrons. The van der Waals surface area contributed by atoms with E-state index in [1.807, 2.05) is 37.6 Å². The standard InChI is InChI=1S/C14H18N2O2S2/c1-9-11(12(18)16-14(2,3)5-6-17)20-13(15-9)10-4-7-19-8-10/h4,7-8,17H,5-6H2,1-3H3,(H,16,18). The molecule has 2 N–H and O–H groups in total. The van der Waals surface area contributed by atoms with Crippen molar-refractivity contribution in [3.8, 4) is 10.6 Å². The Balaban J connectivity index is 2.19. The van der Waals surface area contributed by atoms with E-state index in [1.54, 1.807) is 11.3 Å². The molecule has 20 heavy (non-hydrogen) atoms. The summed E-state index contributed by atoms with van der Waals surface area (Å²) in [4.78, 5) is 17.4. The molecule has 4 nitrogen and oxygen atoms in total. The van der Waals surface area contributed by atoms with Gasteiger partial charge in [0.25, 0.3) is 5.91 Å². The van der Waals surface area contributed by atoms with Crippen molar-refractivity contribution in [1.82, 2.24) is 10.3 Å². The first-order valence-corrected chi connectivity index (χ1v) is 8.12. The van der Waals surface area contributed by atoms with Gasteiger partial charge in [-0.25, -0.2) is 4.98 Å². The summed E-state index contributed by atoms with van der Waals surface area (Å²) in [6.07, 6.45) is 0.522. The van der Waals surface area contributed by atoms with E-state index in [9.17, 15) is 4.79 Å². The molecule has 0 aliphatic rings. The molecule has 0 fully saturated rings. The van der Waals surface area contributed by atoms with Crippen molar-refractivity contribution in [1.29, 1.82) is 0 Å². The predicted molar refractivity (Wildman–Crippen MR) is 83.4 cm³/mol. The van der Waals surface area contributed by atoms with Gasteiger partial charge in [-0.1, -0.05) is 0 Å². The maximum Gasteiger partial charge on any atom is 0.263 e. The van der Waals surface area contributed by atoms with Crippen molar-refractivity contribution in [2.75, 3.05) is 6.61 Å². The topological polar surface area (TPSA) is 62.2 Å². The Kier molecular flexibility index (Phi) is 4.57. The number of amides is 1. The quantitative estimate of drug-likeness (QED) is 0.892. The lowest BCUT2D eigenvalue weighted by atomic mass is 10.0. The SMILES string of the molecule is Cc1nc(-c2ccsc2)sc1C(=O)NC(C)(C)CCO. The maximum atomic E-state index is 12.3. The third-order valence-electron chi connectivity index (χ3n) is 2.96. The number of rotatable bonds is 5. The Bertz CT molecular complexity index is 588. The zero-order valence-electron chi connectivity index (χ0n) is 11.8. The predicted octanol–water partition coefficient (Wildman–Crippen LogP) is 3.07. The van der Waals surface area contributed by atoms with Gasteiger partial charge in [-0.05, 0) is 38.6 Å². The lowest BCUT2D eigenvalue weighted by Crippen LogP contribution is -2.43. The number of carbonyl (C=O) groups is 1. The molecule has 0 aliphatic heterocycles. The maximum absolute atomic E-state index is 12.3. The molecule has 2 heterocycles. The first-order chi connectivity index (χ1) is 9.43. The van der Waals surface area contributed by atoms with Crippen LogP contribution in [-0.2, 0) is 0 Å². The van der Waals surface area contributed by atoms with Gasteiger partial charge in [0.05, 0.1) is 5.69 Å². The summed E-state index contributed by atoms with van der Waals surface area (Å²) in [5, 5.41) is 16.8. The highest BCUT2D eigenvalue weighted by Gasteiger charge is 2.23. The summed E-state index contributed by atoms with van der Waals surface area (Å²) in [6.45, 7) is 5.70. The van der Waals surface area contributed by atoms with E-state index in [0.717, 1.165) is 16.3 Å². The molecule has 0 saturated heterocycles. The number of thiophene rings is 1. The Labute approximate surface area is 126 Å². The highest BCUT2D eigenvalue weighted by Crippen LogP contribution is 2.29. The summed E-state index contributed by atoms with van der Waals surface area (Å²) in [6, 6.07) is 2.00. The van der Waals surface area contributed by atoms with Crippen LogP contribution in [0.25, 0.3) is 10.6 Å². The van der Waals surface area contributed by atoms with E-state index in [1.165, 1.54) is 11.3 Å². The van der Waals surface area contributed by atoms with Gasteiger partial charge in [-0.15, -0.1) is 11.3 Å². The Hall–Kier alpha value is -1.24. The van der Waals surface area contributed by atoms with Crippen molar-refractivity contribution in [2.45, 2.75) is 32.7 Å². The normalized spacial score (nSPS) is 11.6. The number of thiazole rings is 1. The van der Waals surface area contributed by atoms with Gasteiger partial charge < -0.3 is 10.4 Å². The van der Waals surface area contributed by atoms with Crippen molar-refractivity contribution in [3.05, 3.63) is 27.4 Å². The average molecular weight is 310 g/mol. The van der Waals surface area contributed by atoms with Crippen molar-refractivity contribution < 1.29 is 9.90 Å². The van der Waals surface area contributed by atoms with Crippen molar-refractivity contribution in [3.63, 3.8) is 0 Å². The van der Waals surface area contributed by atoms with Gasteiger partial charge in [0.1, 0.15) is 9.88 Å². The molecule has 0 bridgehead atoms. The van der Waals surface area contributed by atoms with E-state index < -0.39 is 5.54 Å². The van der Waals surface area contributed by atoms with Crippen LogP contribution in [0.4, 0.5) is 0 Å². The smallest absolute Gasteiger partial charge is 0.263 e. The van der Waals surface area contributed by atoms with E-state index in [2.05, 4.69) is 10.3 Å². The van der Waals surface area contributed by atoms with Crippen LogP contribution < -0.4 is 5.32 Å². The van der Waals surface area contributed by atoms with Gasteiger partial charge >= 0.3 is 0 Å². The number of hydrogen-bond acceptors (Lipinski definition) is 5. The number of nitrogens with one attached hydrogen (secondary N) is 1. The lowest BCUT2D eigenvalue weighted by molar-refractivity contribution is 0.0903. The molecule has 2 rings (SSSR count). The molecule has 0 unspecified atom stereocenters. The zero-order chi connectivity index (χ0) is 14.8. The van der Waals surface area contributed by atoms with Gasteiger partial charge in [-0.3, -0.25) is 4.79 Å². The van der Waals surface area contributed by atoms with Crippen LogP contribution >= 0.6 is 22.7 Å². The third kappa shape index (κ3) is 3.45. The summed E-state index contributed by atoms with van der Waals surface area (Å²) in [7, 11) is 0. The Morgan fingerprint density at radius 3 is 2.85 bits per heavy atom. The number of carbonyl (C=O) groups excluding carboxylic acids is 1. The molecule has 6 heteroatoms. The number of aliphatic hydroxyl groups excluding tert-OH is 1. The molecule has 0 radical (unpaired) electrons. The first-order valence-electron chi connectivity index (χ1n) is 6.36. The second-order valence-electron chi connectivity index (χ2n) is 5.26. The van der Waals surface area contributed by atoms with Crippen molar-refractivity contribution in [2.24, 2.45) is 0 Å². The van der Waals surface area contributed by atoms with Gasteiger partial charge in [0.15, 0.2) is 0 Å². The number of hydrogen-bond donors (Lipinski definition) is 2. The fourth-order valence-corrected chi connectivity index (χ4v) is 3.50. The molecule has 1 amide bonds. The Morgan fingerprint density at radius 1 is 1.50 bits per heavy atom. The minimum atomic E-state index is -0.426. The second kappa shape index (κ2) is 6.03. The average Bonchev–Trinajstić information content (AvgIpc) is 2.96. The summed E-state index contributed by atoms with van der Waals surface area (Å²) >= 11 is 3.02. The van der Waals surface area contributed by atoms with Gasteiger partial charge in [0, 0.05) is 23.1 Å². The van der Waals surface area contributed by atoms with E-state index in [-0.39, 0.29) is 12.5 Å². The van der Waals surface area contributed by atoms with Crippen LogP contribution in [0.15, 0.2) is 16.8 Å². The molecule has 2 aromatic heterocycles. The van der Waals surface area contributed by atoms with Crippen LogP contribution in [0.3, 0.4) is 0 Å². The Morgan fingerprint density at radius 2 is 2.25 bits per heavy atom. The van der Waals surface area contributed by atoms with Crippen LogP contribution in [0.1, 0.15) is 35.6 Å². The number of aryl methyl sites for hydroxylation is 1. The summed E-state index contributed by atoms with van der Waals surface area (Å²) in [5.74, 6) is -0.125. The zero-order valence-corrected chi connectivity index (χ0v) is 13.4. The molecule has 0 atom stereocenters. The van der Waals surface area contributed by atoms with Crippen LogP contribution in [0, 0.1) is 6.92 Å². The monoisotopic (exact) mass is 310 g/mol. The van der Waals surface area contributed by atoms with Gasteiger partial charge in [-0.2, -0.15) is 11.3 Å². The molecular weight excluding hydrogens is 292 g/mol. The summed E-state index contributed by atoms with van der Waals surface area (Å²) in [5.41, 5.74) is 1.37. The highest BCUT2D eigenvalue weighted by molar-refractivity contribution is 7.17. The molecule has 2 aromatic rings. The van der Waals surface area contributed by atoms with Crippen LogP contribution in [0.2, 0.25) is 0 Å². The number of aromatic nitrogens is 1. The van der Waals surface area contributed by atoms with Crippen LogP contribution in [-0.4, -0.2) is 28.1 Å². The molecule has 0 aliphatic carbocycles. The van der Waals surface area contributed by atoms with Gasteiger partial charge in [0.2, 0.25) is 0 Å². The molecule has 0 spiro atoms. The minimum absolute atomic E-state index is 0.0507. The molecular formula is C14H18N2O2S2. The second-order valence-corrected chi connectivity index (χ2v) is 7.04. The fraction of sp³-hybridized carbons (Fsp3) is 0.429. The summed E-state index contributed by atoms with van der Waals surface area (Å²) < 4.78 is 0. The van der Waals surface area contributed by atoms with E-state index >= 15 is 0 Å². The third-order valence-corrected chi connectivity index (χ3v) is 4.85. The van der Waals surface area contributed by atoms with E-state index in [4.69, 9.17) is 5.11 Å².